The molecule has 1 heterocycles. The average Bonchev–Trinajstić information content (AvgIpc) is 2.83. The van der Waals surface area contributed by atoms with E-state index in [0.717, 1.165) is 0 Å². The number of para-hydroxylation sites is 1. The lowest BCUT2D eigenvalue weighted by atomic mass is 9.99. The molecule has 0 aromatic heterocycles. The molecule has 0 radical (unpaired) electrons. The number of carbonyl (C=O) groups is 1. The van der Waals surface area contributed by atoms with Gasteiger partial charge in [0.05, 0.1) is 5.56 Å². The Morgan fingerprint density at radius 1 is 1.38 bits per heavy atom. The smallest absolute Gasteiger partial charge is 0.438 e. The van der Waals surface area contributed by atoms with Crippen molar-refractivity contribution in [2.45, 2.75) is 45.0 Å². The fraction of sp³-hybridized carbons (Fsp3) is 0.500. The predicted molar refractivity (Wildman–Crippen MR) is 81.4 cm³/mol. The molecule has 1 unspecified atom stereocenters. The summed E-state index contributed by atoms with van der Waals surface area (Å²) in [6.07, 6.45) is -5.02. The number of rotatable bonds is 4. The second kappa shape index (κ2) is 6.43. The van der Waals surface area contributed by atoms with Crippen LogP contribution in [0, 0.1) is 5.92 Å². The first-order valence-electron chi connectivity index (χ1n) is 7.54. The molecule has 1 aromatic rings. The standard InChI is InChI=1S/C16H19F3N2O3/c1-10(2)7-8-11-9-15(24,16(17,18)19)21(20-11)14(23)12-5-3-4-6-13(12)22/h3-6,10,22,24H,7-9H2,1-2H3. The van der Waals surface area contributed by atoms with Gasteiger partial charge in [0.25, 0.3) is 11.6 Å². The van der Waals surface area contributed by atoms with E-state index in [1.807, 2.05) is 13.8 Å². The van der Waals surface area contributed by atoms with Crippen LogP contribution in [0.3, 0.4) is 0 Å². The molecule has 0 spiro atoms. The first-order valence-corrected chi connectivity index (χ1v) is 7.54. The molecular formula is C16H19F3N2O3. The van der Waals surface area contributed by atoms with Gasteiger partial charge in [0.2, 0.25) is 0 Å². The molecule has 0 aliphatic carbocycles. The van der Waals surface area contributed by atoms with E-state index < -0.39 is 30.0 Å². The number of benzene rings is 1. The minimum absolute atomic E-state index is 0.0394. The van der Waals surface area contributed by atoms with Crippen LogP contribution in [0.5, 0.6) is 5.75 Å². The zero-order chi connectivity index (χ0) is 18.1. The Balaban J connectivity index is 2.38. The number of halogens is 3. The van der Waals surface area contributed by atoms with Gasteiger partial charge in [0, 0.05) is 12.1 Å². The Labute approximate surface area is 137 Å². The van der Waals surface area contributed by atoms with E-state index in [9.17, 15) is 28.2 Å². The molecule has 1 amide bonds. The van der Waals surface area contributed by atoms with Crippen LogP contribution in [0.4, 0.5) is 13.2 Å². The van der Waals surface area contributed by atoms with Crippen molar-refractivity contribution in [3.05, 3.63) is 29.8 Å². The quantitative estimate of drug-likeness (QED) is 0.880. The highest BCUT2D eigenvalue weighted by Crippen LogP contribution is 2.42. The summed E-state index contributed by atoms with van der Waals surface area (Å²) < 4.78 is 40.1. The minimum Gasteiger partial charge on any atom is -0.507 e. The Morgan fingerprint density at radius 2 is 2.00 bits per heavy atom. The number of alkyl halides is 3. The second-order valence-electron chi connectivity index (χ2n) is 6.22. The summed E-state index contributed by atoms with van der Waals surface area (Å²) >= 11 is 0. The number of phenols is 1. The van der Waals surface area contributed by atoms with Gasteiger partial charge in [-0.15, -0.1) is 0 Å². The Hall–Kier alpha value is -2.09. The Kier molecular flexibility index (Phi) is 4.89. The fourth-order valence-corrected chi connectivity index (χ4v) is 2.41. The molecule has 0 saturated heterocycles. The van der Waals surface area contributed by atoms with Gasteiger partial charge >= 0.3 is 6.18 Å². The van der Waals surface area contributed by atoms with Crippen molar-refractivity contribution in [1.29, 1.82) is 0 Å². The predicted octanol–water partition coefficient (Wildman–Crippen LogP) is 3.28. The van der Waals surface area contributed by atoms with Crippen molar-refractivity contribution >= 4 is 11.6 Å². The maximum Gasteiger partial charge on any atom is 0.438 e. The largest absolute Gasteiger partial charge is 0.507 e. The molecule has 24 heavy (non-hydrogen) atoms. The van der Waals surface area contributed by atoms with Crippen LogP contribution in [0.2, 0.25) is 0 Å². The highest BCUT2D eigenvalue weighted by Gasteiger charge is 2.63. The number of phenolic OH excluding ortho intramolecular Hbond substituents is 1. The van der Waals surface area contributed by atoms with Gasteiger partial charge in [0.1, 0.15) is 5.75 Å². The third-order valence-corrected chi connectivity index (χ3v) is 3.83. The van der Waals surface area contributed by atoms with Gasteiger partial charge in [-0.3, -0.25) is 4.79 Å². The van der Waals surface area contributed by atoms with E-state index in [4.69, 9.17) is 0 Å². The third-order valence-electron chi connectivity index (χ3n) is 3.83. The third kappa shape index (κ3) is 3.38. The number of hydrogen-bond acceptors (Lipinski definition) is 4. The van der Waals surface area contributed by atoms with Gasteiger partial charge in [-0.2, -0.15) is 23.3 Å². The number of carbonyl (C=O) groups excluding carboxylic acids is 1. The summed E-state index contributed by atoms with van der Waals surface area (Å²) in [6, 6.07) is 5.19. The van der Waals surface area contributed by atoms with Gasteiger partial charge in [-0.1, -0.05) is 26.0 Å². The van der Waals surface area contributed by atoms with E-state index in [1.54, 1.807) is 0 Å². The van der Waals surface area contributed by atoms with Crippen molar-refractivity contribution in [3.63, 3.8) is 0 Å². The molecule has 1 aliphatic heterocycles. The Bertz CT molecular complexity index is 658. The molecule has 5 nitrogen and oxygen atoms in total. The molecule has 8 heteroatoms. The number of hydrazone groups is 1. The normalized spacial score (nSPS) is 21.3. The summed E-state index contributed by atoms with van der Waals surface area (Å²) in [7, 11) is 0. The lowest BCUT2D eigenvalue weighted by Gasteiger charge is -2.32. The summed E-state index contributed by atoms with van der Waals surface area (Å²) in [6.45, 7) is 3.83. The van der Waals surface area contributed by atoms with Crippen molar-refractivity contribution in [3.8, 4) is 5.75 Å². The van der Waals surface area contributed by atoms with Crippen LogP contribution in [-0.2, 0) is 0 Å². The first-order chi connectivity index (χ1) is 11.1. The lowest BCUT2D eigenvalue weighted by molar-refractivity contribution is -0.297. The number of nitrogens with zero attached hydrogens (tertiary/aromatic N) is 2. The van der Waals surface area contributed by atoms with Gasteiger partial charge in [-0.25, -0.2) is 0 Å². The summed E-state index contributed by atoms with van der Waals surface area (Å²) in [5.41, 5.74) is -3.65. The van der Waals surface area contributed by atoms with E-state index in [-0.39, 0.29) is 28.6 Å². The van der Waals surface area contributed by atoms with E-state index >= 15 is 0 Å². The molecule has 1 aromatic carbocycles. The molecule has 132 valence electrons. The summed E-state index contributed by atoms with van der Waals surface area (Å²) in [4.78, 5) is 12.4. The maximum absolute atomic E-state index is 13.4. The van der Waals surface area contributed by atoms with E-state index in [0.29, 0.717) is 6.42 Å². The minimum atomic E-state index is -5.07. The van der Waals surface area contributed by atoms with Crippen LogP contribution in [0.25, 0.3) is 0 Å². The zero-order valence-electron chi connectivity index (χ0n) is 13.3. The first kappa shape index (κ1) is 18.3. The maximum atomic E-state index is 13.4. The van der Waals surface area contributed by atoms with Crippen LogP contribution >= 0.6 is 0 Å². The molecule has 0 saturated carbocycles. The SMILES string of the molecule is CC(C)CCC1=NN(C(=O)c2ccccc2O)C(O)(C(F)(F)F)C1. The van der Waals surface area contributed by atoms with Crippen LogP contribution in [-0.4, -0.2) is 38.7 Å². The van der Waals surface area contributed by atoms with Crippen molar-refractivity contribution in [2.75, 3.05) is 0 Å². The molecular weight excluding hydrogens is 325 g/mol. The second-order valence-corrected chi connectivity index (χ2v) is 6.22. The number of aliphatic hydroxyl groups is 1. The summed E-state index contributed by atoms with van der Waals surface area (Å²) in [5.74, 6) is -1.43. The fourth-order valence-electron chi connectivity index (χ4n) is 2.41. The lowest BCUT2D eigenvalue weighted by Crippen LogP contribution is -2.56. The molecule has 1 atom stereocenters. The van der Waals surface area contributed by atoms with Crippen molar-refractivity contribution in [2.24, 2.45) is 11.0 Å². The molecule has 1 aliphatic rings. The summed E-state index contributed by atoms with van der Waals surface area (Å²) in [5, 5.41) is 23.6. The molecule has 2 rings (SSSR count). The van der Waals surface area contributed by atoms with Crippen LogP contribution in [0.15, 0.2) is 29.4 Å². The topological polar surface area (TPSA) is 73.1 Å². The van der Waals surface area contributed by atoms with Gasteiger partial charge in [0.15, 0.2) is 0 Å². The molecule has 2 N–H and O–H groups in total. The van der Waals surface area contributed by atoms with Gasteiger partial charge < -0.3 is 10.2 Å². The van der Waals surface area contributed by atoms with Gasteiger partial charge in [-0.05, 0) is 30.9 Å². The number of aromatic hydroxyl groups is 1. The number of hydrogen-bond donors (Lipinski definition) is 2. The highest BCUT2D eigenvalue weighted by atomic mass is 19.4. The zero-order valence-corrected chi connectivity index (χ0v) is 13.3. The number of amides is 1. The van der Waals surface area contributed by atoms with Crippen LogP contribution in [0.1, 0.15) is 43.5 Å². The van der Waals surface area contributed by atoms with Crippen molar-refractivity contribution < 1.29 is 28.2 Å². The van der Waals surface area contributed by atoms with E-state index in [2.05, 4.69) is 5.10 Å². The molecule has 0 bridgehead atoms. The van der Waals surface area contributed by atoms with E-state index in [1.165, 1.54) is 24.3 Å². The molecule has 0 fully saturated rings. The van der Waals surface area contributed by atoms with Crippen molar-refractivity contribution in [1.82, 2.24) is 5.01 Å². The Morgan fingerprint density at radius 3 is 2.54 bits per heavy atom. The van der Waals surface area contributed by atoms with Crippen LogP contribution < -0.4 is 0 Å². The monoisotopic (exact) mass is 344 g/mol. The average molecular weight is 344 g/mol. The highest BCUT2D eigenvalue weighted by molar-refractivity contribution is 6.00.